The molecule has 0 fully saturated rings. The fourth-order valence-corrected chi connectivity index (χ4v) is 2.66. The van der Waals surface area contributed by atoms with Crippen LogP contribution in [-0.4, -0.2) is 17.7 Å². The van der Waals surface area contributed by atoms with Crippen molar-refractivity contribution < 1.29 is 14.4 Å². The summed E-state index contributed by atoms with van der Waals surface area (Å²) in [6.45, 7) is 3.39. The van der Waals surface area contributed by atoms with Crippen molar-refractivity contribution in [1.29, 1.82) is 0 Å². The molecule has 0 aliphatic rings. The number of amides is 3. The average Bonchev–Trinajstić information content (AvgIpc) is 2.70. The van der Waals surface area contributed by atoms with Gasteiger partial charge in [0.1, 0.15) is 0 Å². The first-order chi connectivity index (χ1) is 13.9. The molecular weight excluding hydrogens is 366 g/mol. The molecular formula is C23H21N3O3. The van der Waals surface area contributed by atoms with E-state index in [2.05, 4.69) is 16.0 Å². The van der Waals surface area contributed by atoms with E-state index in [9.17, 15) is 14.4 Å². The lowest BCUT2D eigenvalue weighted by Gasteiger charge is -2.09. The van der Waals surface area contributed by atoms with Crippen LogP contribution in [0.5, 0.6) is 0 Å². The van der Waals surface area contributed by atoms with E-state index in [4.69, 9.17) is 0 Å². The van der Waals surface area contributed by atoms with E-state index in [0.717, 1.165) is 5.56 Å². The van der Waals surface area contributed by atoms with E-state index in [1.54, 1.807) is 60.7 Å². The highest BCUT2D eigenvalue weighted by molar-refractivity contribution is 6.06. The van der Waals surface area contributed by atoms with Gasteiger partial charge in [-0.2, -0.15) is 0 Å². The number of nitrogens with one attached hydrogen (secondary N) is 3. The SMILES string of the molecule is CC(=O)Nc1ccc(NC(=O)c2ccc(NC(=O)c3ccc(C)cc3)cc2)cc1. The number of rotatable bonds is 5. The summed E-state index contributed by atoms with van der Waals surface area (Å²) in [6, 6.07) is 20.8. The lowest BCUT2D eigenvalue weighted by atomic mass is 10.1. The number of hydrogen-bond donors (Lipinski definition) is 3. The third kappa shape index (κ3) is 5.52. The Labute approximate surface area is 169 Å². The normalized spacial score (nSPS) is 10.1. The van der Waals surface area contributed by atoms with E-state index < -0.39 is 0 Å². The Balaban J connectivity index is 1.60. The third-order valence-electron chi connectivity index (χ3n) is 4.18. The molecule has 3 aromatic carbocycles. The quantitative estimate of drug-likeness (QED) is 0.604. The van der Waals surface area contributed by atoms with Gasteiger partial charge in [-0.1, -0.05) is 17.7 Å². The van der Waals surface area contributed by atoms with Crippen LogP contribution in [0.3, 0.4) is 0 Å². The second-order valence-electron chi connectivity index (χ2n) is 6.61. The van der Waals surface area contributed by atoms with Crippen LogP contribution in [0.4, 0.5) is 17.1 Å². The van der Waals surface area contributed by atoms with Crippen molar-refractivity contribution >= 4 is 34.8 Å². The molecule has 0 spiro atoms. The fraction of sp³-hybridized carbons (Fsp3) is 0.0870. The lowest BCUT2D eigenvalue weighted by Crippen LogP contribution is -2.14. The van der Waals surface area contributed by atoms with Crippen LogP contribution in [-0.2, 0) is 4.79 Å². The second kappa shape index (κ2) is 8.84. The zero-order valence-electron chi connectivity index (χ0n) is 16.2. The Morgan fingerprint density at radius 2 is 0.897 bits per heavy atom. The van der Waals surface area contributed by atoms with E-state index >= 15 is 0 Å². The summed E-state index contributed by atoms with van der Waals surface area (Å²) in [6.07, 6.45) is 0. The van der Waals surface area contributed by atoms with Gasteiger partial charge in [-0.15, -0.1) is 0 Å². The molecule has 0 aliphatic heterocycles. The van der Waals surface area contributed by atoms with Crippen molar-refractivity contribution in [2.45, 2.75) is 13.8 Å². The summed E-state index contributed by atoms with van der Waals surface area (Å²) < 4.78 is 0. The van der Waals surface area contributed by atoms with Crippen molar-refractivity contribution in [2.75, 3.05) is 16.0 Å². The van der Waals surface area contributed by atoms with E-state index in [-0.39, 0.29) is 17.7 Å². The largest absolute Gasteiger partial charge is 0.326 e. The van der Waals surface area contributed by atoms with Gasteiger partial charge >= 0.3 is 0 Å². The fourth-order valence-electron chi connectivity index (χ4n) is 2.66. The number of anilines is 3. The minimum absolute atomic E-state index is 0.156. The molecule has 3 amide bonds. The standard InChI is InChI=1S/C23H21N3O3/c1-15-3-5-17(6-4-15)22(28)25-20-9-7-18(8-10-20)23(29)26-21-13-11-19(12-14-21)24-16(2)27/h3-14H,1-2H3,(H,24,27)(H,25,28)(H,26,29). The van der Waals surface area contributed by atoms with Gasteiger partial charge < -0.3 is 16.0 Å². The van der Waals surface area contributed by atoms with Crippen molar-refractivity contribution in [3.63, 3.8) is 0 Å². The molecule has 0 atom stereocenters. The number of aryl methyl sites for hydroxylation is 1. The number of benzene rings is 3. The molecule has 146 valence electrons. The molecule has 3 rings (SSSR count). The number of carbonyl (C=O) groups is 3. The highest BCUT2D eigenvalue weighted by atomic mass is 16.2. The van der Waals surface area contributed by atoms with Crippen LogP contribution in [0.25, 0.3) is 0 Å². The molecule has 29 heavy (non-hydrogen) atoms. The van der Waals surface area contributed by atoms with Crippen LogP contribution < -0.4 is 16.0 Å². The van der Waals surface area contributed by atoms with Gasteiger partial charge in [0.2, 0.25) is 5.91 Å². The van der Waals surface area contributed by atoms with E-state index in [1.165, 1.54) is 6.92 Å². The maximum absolute atomic E-state index is 12.4. The first-order valence-corrected chi connectivity index (χ1v) is 9.08. The van der Waals surface area contributed by atoms with Gasteiger partial charge in [0.05, 0.1) is 0 Å². The smallest absolute Gasteiger partial charge is 0.255 e. The van der Waals surface area contributed by atoms with Gasteiger partial charge in [0.25, 0.3) is 11.8 Å². The summed E-state index contributed by atoms with van der Waals surface area (Å²) >= 11 is 0. The molecule has 0 unspecified atom stereocenters. The zero-order valence-corrected chi connectivity index (χ0v) is 16.2. The Bertz CT molecular complexity index is 1020. The first kappa shape index (κ1) is 19.8. The van der Waals surface area contributed by atoms with E-state index in [1.807, 2.05) is 19.1 Å². The second-order valence-corrected chi connectivity index (χ2v) is 6.61. The van der Waals surface area contributed by atoms with Crippen molar-refractivity contribution in [2.24, 2.45) is 0 Å². The Kier molecular flexibility index (Phi) is 6.04. The summed E-state index contributed by atoms with van der Waals surface area (Å²) in [7, 11) is 0. The van der Waals surface area contributed by atoms with E-state index in [0.29, 0.717) is 28.2 Å². The van der Waals surface area contributed by atoms with Crippen molar-refractivity contribution in [3.8, 4) is 0 Å². The average molecular weight is 387 g/mol. The molecule has 0 saturated carbocycles. The van der Waals surface area contributed by atoms with Gasteiger partial charge in [0, 0.05) is 35.1 Å². The summed E-state index contributed by atoms with van der Waals surface area (Å²) in [4.78, 5) is 35.7. The minimum atomic E-state index is -0.270. The van der Waals surface area contributed by atoms with Crippen LogP contribution in [0.2, 0.25) is 0 Å². The van der Waals surface area contributed by atoms with Gasteiger partial charge in [-0.05, 0) is 67.6 Å². The molecule has 0 radical (unpaired) electrons. The topological polar surface area (TPSA) is 87.3 Å². The van der Waals surface area contributed by atoms with Crippen LogP contribution in [0.1, 0.15) is 33.2 Å². The summed E-state index contributed by atoms with van der Waals surface area (Å²) in [5.41, 5.74) is 3.99. The van der Waals surface area contributed by atoms with Crippen LogP contribution >= 0.6 is 0 Å². The molecule has 6 heteroatoms. The monoisotopic (exact) mass is 387 g/mol. The predicted molar refractivity (Wildman–Crippen MR) is 114 cm³/mol. The Morgan fingerprint density at radius 3 is 1.31 bits per heavy atom. The minimum Gasteiger partial charge on any atom is -0.326 e. The molecule has 6 nitrogen and oxygen atoms in total. The zero-order chi connectivity index (χ0) is 20.8. The van der Waals surface area contributed by atoms with Crippen molar-refractivity contribution in [1.82, 2.24) is 0 Å². The molecule has 0 aliphatic carbocycles. The summed E-state index contributed by atoms with van der Waals surface area (Å²) in [5, 5.41) is 8.27. The first-order valence-electron chi connectivity index (χ1n) is 9.08. The van der Waals surface area contributed by atoms with Gasteiger partial charge in [0.15, 0.2) is 0 Å². The molecule has 0 aromatic heterocycles. The van der Waals surface area contributed by atoms with Gasteiger partial charge in [-0.25, -0.2) is 0 Å². The number of hydrogen-bond acceptors (Lipinski definition) is 3. The highest BCUT2D eigenvalue weighted by Crippen LogP contribution is 2.16. The summed E-state index contributed by atoms with van der Waals surface area (Å²) in [5.74, 6) is -0.633. The maximum Gasteiger partial charge on any atom is 0.255 e. The predicted octanol–water partition coefficient (Wildman–Crippen LogP) is 4.46. The number of carbonyl (C=O) groups excluding carboxylic acids is 3. The molecule has 0 bridgehead atoms. The van der Waals surface area contributed by atoms with Crippen LogP contribution in [0, 0.1) is 6.92 Å². The Hall–Kier alpha value is -3.93. The maximum atomic E-state index is 12.4. The van der Waals surface area contributed by atoms with Crippen LogP contribution in [0.15, 0.2) is 72.8 Å². The van der Waals surface area contributed by atoms with Crippen molar-refractivity contribution in [3.05, 3.63) is 89.5 Å². The Morgan fingerprint density at radius 1 is 0.552 bits per heavy atom. The third-order valence-corrected chi connectivity index (χ3v) is 4.18. The molecule has 0 heterocycles. The lowest BCUT2D eigenvalue weighted by molar-refractivity contribution is -0.114. The van der Waals surface area contributed by atoms with Gasteiger partial charge in [-0.3, -0.25) is 14.4 Å². The highest BCUT2D eigenvalue weighted by Gasteiger charge is 2.09. The molecule has 3 aromatic rings. The molecule has 3 N–H and O–H groups in total. The molecule has 0 saturated heterocycles.